The highest BCUT2D eigenvalue weighted by Crippen LogP contribution is 2.26. The fraction of sp³-hybridized carbons (Fsp3) is 0.227. The summed E-state index contributed by atoms with van der Waals surface area (Å²) < 4.78 is 12.9. The van der Waals surface area contributed by atoms with Crippen LogP contribution in [0.3, 0.4) is 0 Å². The largest absolute Gasteiger partial charge is 0.492 e. The third-order valence-electron chi connectivity index (χ3n) is 4.47. The van der Waals surface area contributed by atoms with Crippen molar-refractivity contribution in [1.82, 2.24) is 20.1 Å². The molecule has 4 rings (SSSR count). The predicted molar refractivity (Wildman–Crippen MR) is 110 cm³/mol. The molecule has 0 fully saturated rings. The lowest BCUT2D eigenvalue weighted by atomic mass is 10.1. The molecule has 7 nitrogen and oxygen atoms in total. The van der Waals surface area contributed by atoms with Gasteiger partial charge in [-0.05, 0) is 44.2 Å². The highest BCUT2D eigenvalue weighted by molar-refractivity contribution is 6.06. The van der Waals surface area contributed by atoms with E-state index in [0.717, 1.165) is 5.75 Å². The molecule has 3 aromatic heterocycles. The minimum atomic E-state index is -0.204. The van der Waals surface area contributed by atoms with E-state index < -0.39 is 0 Å². The minimum Gasteiger partial charge on any atom is -0.492 e. The number of aromatic nitrogens is 3. The number of hydrogen-bond donors (Lipinski definition) is 1. The molecule has 0 spiro atoms. The van der Waals surface area contributed by atoms with Gasteiger partial charge in [-0.3, -0.25) is 4.79 Å². The summed E-state index contributed by atoms with van der Waals surface area (Å²) in [4.78, 5) is 17.6. The van der Waals surface area contributed by atoms with Crippen LogP contribution in [-0.4, -0.2) is 33.8 Å². The molecule has 0 radical (unpaired) electrons. The monoisotopic (exact) mass is 390 g/mol. The van der Waals surface area contributed by atoms with Crippen LogP contribution < -0.4 is 10.1 Å². The van der Waals surface area contributed by atoms with Crippen molar-refractivity contribution in [3.8, 4) is 17.2 Å². The van der Waals surface area contributed by atoms with Gasteiger partial charge in [0.25, 0.3) is 5.91 Å². The number of hydrogen-bond acceptors (Lipinski definition) is 5. The van der Waals surface area contributed by atoms with Crippen molar-refractivity contribution >= 4 is 16.9 Å². The van der Waals surface area contributed by atoms with E-state index >= 15 is 0 Å². The molecule has 0 unspecified atom stereocenters. The summed E-state index contributed by atoms with van der Waals surface area (Å²) in [6.07, 6.45) is 3.27. The normalized spacial score (nSPS) is 11.1. The van der Waals surface area contributed by atoms with Crippen molar-refractivity contribution in [3.05, 3.63) is 66.6 Å². The number of pyridine rings is 1. The summed E-state index contributed by atoms with van der Waals surface area (Å²) in [5, 5.41) is 8.03. The zero-order valence-electron chi connectivity index (χ0n) is 16.3. The van der Waals surface area contributed by atoms with Gasteiger partial charge in [0, 0.05) is 6.04 Å². The van der Waals surface area contributed by atoms with E-state index in [1.165, 1.54) is 0 Å². The quantitative estimate of drug-likeness (QED) is 0.481. The van der Waals surface area contributed by atoms with E-state index in [0.29, 0.717) is 41.2 Å². The van der Waals surface area contributed by atoms with Gasteiger partial charge < -0.3 is 14.5 Å². The molecule has 0 aliphatic carbocycles. The van der Waals surface area contributed by atoms with Crippen LogP contribution >= 0.6 is 0 Å². The predicted octanol–water partition coefficient (Wildman–Crippen LogP) is 4.08. The molecule has 0 atom stereocenters. The van der Waals surface area contributed by atoms with Crippen LogP contribution in [0.1, 0.15) is 30.2 Å². The number of fused-ring (bicyclic) bond motifs is 1. The van der Waals surface area contributed by atoms with Gasteiger partial charge in [0.2, 0.25) is 0 Å². The molecule has 3 heterocycles. The Hall–Kier alpha value is -3.61. The first-order valence-corrected chi connectivity index (χ1v) is 9.51. The smallest absolute Gasteiger partial charge is 0.252 e. The number of nitrogens with zero attached hydrogens (tertiary/aromatic N) is 3. The summed E-state index contributed by atoms with van der Waals surface area (Å²) in [5.74, 6) is 1.17. The van der Waals surface area contributed by atoms with Crippen molar-refractivity contribution in [2.24, 2.45) is 0 Å². The van der Waals surface area contributed by atoms with Gasteiger partial charge in [-0.1, -0.05) is 18.2 Å². The fourth-order valence-corrected chi connectivity index (χ4v) is 3.08. The Balaban J connectivity index is 1.57. The van der Waals surface area contributed by atoms with Crippen LogP contribution in [0, 0.1) is 0 Å². The molecule has 0 bridgehead atoms. The Kier molecular flexibility index (Phi) is 5.29. The van der Waals surface area contributed by atoms with E-state index in [4.69, 9.17) is 9.15 Å². The summed E-state index contributed by atoms with van der Waals surface area (Å²) in [7, 11) is 0. The fourth-order valence-electron chi connectivity index (χ4n) is 3.08. The molecular weight excluding hydrogens is 368 g/mol. The number of ether oxygens (including phenoxy) is 1. The second-order valence-electron chi connectivity index (χ2n) is 6.87. The molecule has 4 aromatic rings. The lowest BCUT2D eigenvalue weighted by Gasteiger charge is -2.11. The number of carbonyl (C=O) groups is 1. The van der Waals surface area contributed by atoms with Gasteiger partial charge in [-0.25, -0.2) is 9.67 Å². The second kappa shape index (κ2) is 8.18. The third-order valence-corrected chi connectivity index (χ3v) is 4.47. The first-order chi connectivity index (χ1) is 14.1. The molecular formula is C22H22N4O3. The molecule has 7 heteroatoms. The zero-order valence-corrected chi connectivity index (χ0v) is 16.3. The molecule has 0 saturated carbocycles. The summed E-state index contributed by atoms with van der Waals surface area (Å²) >= 11 is 0. The van der Waals surface area contributed by atoms with Crippen molar-refractivity contribution in [3.63, 3.8) is 0 Å². The standard InChI is InChI=1S/C22H22N4O3/c1-15(2)26-21-18(14-24-26)17(13-19(25-21)20-9-6-11-29-20)22(27)23-10-12-28-16-7-4-3-5-8-16/h3-9,11,13-15H,10,12H2,1-2H3,(H,23,27). The highest BCUT2D eigenvalue weighted by atomic mass is 16.5. The average molecular weight is 390 g/mol. The minimum absolute atomic E-state index is 0.113. The first-order valence-electron chi connectivity index (χ1n) is 9.51. The van der Waals surface area contributed by atoms with Crippen LogP contribution in [0.5, 0.6) is 5.75 Å². The van der Waals surface area contributed by atoms with E-state index in [9.17, 15) is 4.79 Å². The van der Waals surface area contributed by atoms with Crippen LogP contribution in [0.2, 0.25) is 0 Å². The molecule has 1 aromatic carbocycles. The lowest BCUT2D eigenvalue weighted by molar-refractivity contribution is 0.0948. The maximum Gasteiger partial charge on any atom is 0.252 e. The Morgan fingerprint density at radius 1 is 1.21 bits per heavy atom. The lowest BCUT2D eigenvalue weighted by Crippen LogP contribution is -2.28. The first kappa shape index (κ1) is 18.7. The maximum atomic E-state index is 12.9. The summed E-state index contributed by atoms with van der Waals surface area (Å²) in [6.45, 7) is 4.80. The number of benzene rings is 1. The molecule has 29 heavy (non-hydrogen) atoms. The number of amides is 1. The van der Waals surface area contributed by atoms with Crippen LogP contribution in [0.4, 0.5) is 0 Å². The van der Waals surface area contributed by atoms with Crippen LogP contribution in [0.15, 0.2) is 65.4 Å². The van der Waals surface area contributed by atoms with Crippen molar-refractivity contribution in [2.45, 2.75) is 19.9 Å². The molecule has 0 saturated heterocycles. The van der Waals surface area contributed by atoms with Gasteiger partial charge >= 0.3 is 0 Å². The number of para-hydroxylation sites is 1. The van der Waals surface area contributed by atoms with Gasteiger partial charge in [0.15, 0.2) is 11.4 Å². The molecule has 148 valence electrons. The van der Waals surface area contributed by atoms with Gasteiger partial charge in [-0.2, -0.15) is 5.10 Å². The Labute approximate surface area is 168 Å². The molecule has 0 aliphatic rings. The summed E-state index contributed by atoms with van der Waals surface area (Å²) in [5.41, 5.74) is 1.75. The van der Waals surface area contributed by atoms with Gasteiger partial charge in [0.1, 0.15) is 18.1 Å². The van der Waals surface area contributed by atoms with Gasteiger partial charge in [-0.15, -0.1) is 0 Å². The number of nitrogens with one attached hydrogen (secondary N) is 1. The number of furan rings is 1. The number of carbonyl (C=O) groups excluding carboxylic acids is 1. The number of rotatable bonds is 7. The Morgan fingerprint density at radius 2 is 2.03 bits per heavy atom. The van der Waals surface area contributed by atoms with E-state index in [2.05, 4.69) is 15.4 Å². The van der Waals surface area contributed by atoms with E-state index in [-0.39, 0.29) is 11.9 Å². The summed E-state index contributed by atoms with van der Waals surface area (Å²) in [6, 6.07) is 15.0. The van der Waals surface area contributed by atoms with Crippen molar-refractivity contribution in [1.29, 1.82) is 0 Å². The third kappa shape index (κ3) is 3.99. The maximum absolute atomic E-state index is 12.9. The SMILES string of the molecule is CC(C)n1ncc2c(C(=O)NCCOc3ccccc3)cc(-c3ccco3)nc21. The zero-order chi connectivity index (χ0) is 20.2. The Morgan fingerprint density at radius 3 is 2.76 bits per heavy atom. The van der Waals surface area contributed by atoms with Crippen molar-refractivity contribution in [2.75, 3.05) is 13.2 Å². The van der Waals surface area contributed by atoms with Crippen LogP contribution in [0.25, 0.3) is 22.5 Å². The van der Waals surface area contributed by atoms with Gasteiger partial charge in [0.05, 0.1) is 30.0 Å². The Bertz CT molecular complexity index is 1100. The highest BCUT2D eigenvalue weighted by Gasteiger charge is 2.19. The van der Waals surface area contributed by atoms with E-state index in [1.807, 2.05) is 50.2 Å². The molecule has 1 amide bonds. The topological polar surface area (TPSA) is 82.2 Å². The second-order valence-corrected chi connectivity index (χ2v) is 6.87. The van der Waals surface area contributed by atoms with Crippen LogP contribution in [-0.2, 0) is 0 Å². The van der Waals surface area contributed by atoms with Crippen molar-refractivity contribution < 1.29 is 13.9 Å². The molecule has 0 aliphatic heterocycles. The van der Waals surface area contributed by atoms with E-state index in [1.54, 1.807) is 29.3 Å². The average Bonchev–Trinajstić information content (AvgIpc) is 3.41. The molecule has 1 N–H and O–H groups in total.